The average molecular weight is 284 g/mol. The summed E-state index contributed by atoms with van der Waals surface area (Å²) in [5.41, 5.74) is -1.05. The van der Waals surface area contributed by atoms with Crippen molar-refractivity contribution in [3.63, 3.8) is 0 Å². The summed E-state index contributed by atoms with van der Waals surface area (Å²) in [6, 6.07) is 15.5. The molecule has 0 fully saturated rings. The predicted octanol–water partition coefficient (Wildman–Crippen LogP) is 2.88. The summed E-state index contributed by atoms with van der Waals surface area (Å²) in [5, 5.41) is 0. The zero-order chi connectivity index (χ0) is 14.9. The minimum Gasteiger partial charge on any atom is -0.458 e. The molecule has 4 heteroatoms. The minimum atomic E-state index is -2.60. The molecule has 1 unspecified atom stereocenters. The van der Waals surface area contributed by atoms with Gasteiger partial charge in [-0.3, -0.25) is 4.79 Å². The molecule has 0 N–H and O–H groups in total. The van der Waals surface area contributed by atoms with Crippen LogP contribution in [-0.2, 0) is 22.6 Å². The van der Waals surface area contributed by atoms with E-state index in [1.165, 1.54) is 6.07 Å². The molecule has 3 nitrogen and oxygen atoms in total. The van der Waals surface area contributed by atoms with Crippen LogP contribution < -0.4 is 0 Å². The van der Waals surface area contributed by atoms with Gasteiger partial charge in [-0.25, -0.2) is 9.18 Å². The molecule has 3 rings (SSSR count). The number of ether oxygens (including phenoxy) is 1. The van der Waals surface area contributed by atoms with Gasteiger partial charge in [-0.05, 0) is 11.1 Å². The van der Waals surface area contributed by atoms with Gasteiger partial charge in [-0.15, -0.1) is 0 Å². The molecule has 1 aliphatic carbocycles. The van der Waals surface area contributed by atoms with Crippen LogP contribution in [0.25, 0.3) is 0 Å². The molecule has 106 valence electrons. The van der Waals surface area contributed by atoms with Gasteiger partial charge < -0.3 is 4.74 Å². The fraction of sp³-hybridized carbons (Fsp3) is 0.176. The van der Waals surface area contributed by atoms with Crippen LogP contribution in [0.3, 0.4) is 0 Å². The number of Topliss-reactive ketones (excluding diaryl/α,β-unsaturated/α-hetero) is 1. The predicted molar refractivity (Wildman–Crippen MR) is 74.6 cm³/mol. The van der Waals surface area contributed by atoms with Crippen molar-refractivity contribution in [2.24, 2.45) is 0 Å². The number of hydrogen-bond acceptors (Lipinski definition) is 3. The van der Waals surface area contributed by atoms with Gasteiger partial charge in [0, 0.05) is 12.0 Å². The van der Waals surface area contributed by atoms with Crippen molar-refractivity contribution in [1.82, 2.24) is 0 Å². The zero-order valence-corrected chi connectivity index (χ0v) is 11.2. The van der Waals surface area contributed by atoms with Crippen LogP contribution in [0.1, 0.15) is 21.5 Å². The zero-order valence-electron chi connectivity index (χ0n) is 11.2. The van der Waals surface area contributed by atoms with Crippen LogP contribution in [0.5, 0.6) is 0 Å². The quantitative estimate of drug-likeness (QED) is 0.643. The normalized spacial score (nSPS) is 20.1. The molecule has 1 aliphatic rings. The number of ketones is 1. The molecule has 0 bridgehead atoms. The second-order valence-corrected chi connectivity index (χ2v) is 5.03. The van der Waals surface area contributed by atoms with Crippen molar-refractivity contribution in [3.8, 4) is 0 Å². The van der Waals surface area contributed by atoms with Crippen LogP contribution in [0.15, 0.2) is 54.6 Å². The van der Waals surface area contributed by atoms with E-state index >= 15 is 0 Å². The Morgan fingerprint density at radius 1 is 1.10 bits per heavy atom. The molecule has 21 heavy (non-hydrogen) atoms. The Bertz CT molecular complexity index is 696. The largest absolute Gasteiger partial charge is 0.458 e. The van der Waals surface area contributed by atoms with Crippen LogP contribution in [0.4, 0.5) is 4.39 Å². The summed E-state index contributed by atoms with van der Waals surface area (Å²) in [4.78, 5) is 24.1. The van der Waals surface area contributed by atoms with Crippen LogP contribution in [0.2, 0.25) is 0 Å². The third-order valence-electron chi connectivity index (χ3n) is 3.59. The van der Waals surface area contributed by atoms with Gasteiger partial charge in [-0.2, -0.15) is 0 Å². The van der Waals surface area contributed by atoms with Gasteiger partial charge >= 0.3 is 5.97 Å². The molecule has 0 amide bonds. The second kappa shape index (κ2) is 5.13. The lowest BCUT2D eigenvalue weighted by atomic mass is 10.0. The van der Waals surface area contributed by atoms with Gasteiger partial charge in [0.1, 0.15) is 6.61 Å². The van der Waals surface area contributed by atoms with E-state index in [0.717, 1.165) is 5.56 Å². The SMILES string of the molecule is O=C(OCc1ccccc1)C1(F)Cc2ccccc2C1=O. The van der Waals surface area contributed by atoms with E-state index in [4.69, 9.17) is 4.74 Å². The molecule has 0 spiro atoms. The van der Waals surface area contributed by atoms with E-state index in [1.54, 1.807) is 42.5 Å². The third kappa shape index (κ3) is 2.33. The maximum Gasteiger partial charge on any atom is 0.352 e. The van der Waals surface area contributed by atoms with Crippen LogP contribution >= 0.6 is 0 Å². The molecule has 0 aromatic heterocycles. The van der Waals surface area contributed by atoms with E-state index < -0.39 is 17.4 Å². The number of halogens is 1. The first-order valence-corrected chi connectivity index (χ1v) is 6.64. The number of alkyl halides is 1. The van der Waals surface area contributed by atoms with E-state index in [0.29, 0.717) is 5.56 Å². The molecule has 0 saturated carbocycles. The van der Waals surface area contributed by atoms with Crippen molar-refractivity contribution < 1.29 is 18.7 Å². The van der Waals surface area contributed by atoms with E-state index in [2.05, 4.69) is 0 Å². The average Bonchev–Trinajstić information content (AvgIpc) is 2.79. The first kappa shape index (κ1) is 13.5. The highest BCUT2D eigenvalue weighted by atomic mass is 19.1. The lowest BCUT2D eigenvalue weighted by Gasteiger charge is -2.16. The standard InChI is InChI=1S/C17H13FO3/c18-17(10-13-8-4-5-9-14(13)15(17)19)16(20)21-11-12-6-2-1-3-7-12/h1-9H,10-11H2. The Balaban J connectivity index is 1.75. The number of carbonyl (C=O) groups excluding carboxylic acids is 2. The molecule has 2 aromatic rings. The summed E-state index contributed by atoms with van der Waals surface area (Å²) >= 11 is 0. The second-order valence-electron chi connectivity index (χ2n) is 5.03. The number of carbonyl (C=O) groups is 2. The van der Waals surface area contributed by atoms with E-state index in [1.807, 2.05) is 6.07 Å². The summed E-state index contributed by atoms with van der Waals surface area (Å²) in [7, 11) is 0. The molecule has 1 atom stereocenters. The van der Waals surface area contributed by atoms with Gasteiger partial charge in [0.15, 0.2) is 0 Å². The molecular weight excluding hydrogens is 271 g/mol. The first-order valence-electron chi connectivity index (χ1n) is 6.64. The first-order chi connectivity index (χ1) is 10.1. The molecule has 2 aromatic carbocycles. The van der Waals surface area contributed by atoms with Gasteiger partial charge in [0.25, 0.3) is 5.67 Å². The highest BCUT2D eigenvalue weighted by molar-refractivity contribution is 6.18. The highest BCUT2D eigenvalue weighted by Crippen LogP contribution is 2.34. The van der Waals surface area contributed by atoms with Crippen LogP contribution in [-0.4, -0.2) is 17.4 Å². The maximum atomic E-state index is 14.8. The van der Waals surface area contributed by atoms with Crippen molar-refractivity contribution >= 4 is 11.8 Å². The van der Waals surface area contributed by atoms with Crippen LogP contribution in [0, 0.1) is 0 Å². The third-order valence-corrected chi connectivity index (χ3v) is 3.59. The molecule has 0 aliphatic heterocycles. The topological polar surface area (TPSA) is 43.4 Å². The Morgan fingerprint density at radius 2 is 1.76 bits per heavy atom. The van der Waals surface area contributed by atoms with Gasteiger partial charge in [-0.1, -0.05) is 54.6 Å². The van der Waals surface area contributed by atoms with Crippen molar-refractivity contribution in [2.45, 2.75) is 18.7 Å². The monoisotopic (exact) mass is 284 g/mol. The summed E-state index contributed by atoms with van der Waals surface area (Å²) in [6.45, 7) is -0.0467. The lowest BCUT2D eigenvalue weighted by molar-refractivity contribution is -0.155. The maximum absolute atomic E-state index is 14.8. The molecular formula is C17H13FO3. The molecule has 0 heterocycles. The van der Waals surface area contributed by atoms with Gasteiger partial charge in [0.2, 0.25) is 5.78 Å². The minimum absolute atomic E-state index is 0.0467. The fourth-order valence-electron chi connectivity index (χ4n) is 2.45. The van der Waals surface area contributed by atoms with Gasteiger partial charge in [0.05, 0.1) is 0 Å². The Kier molecular flexibility index (Phi) is 3.29. The van der Waals surface area contributed by atoms with Crippen molar-refractivity contribution in [3.05, 3.63) is 71.3 Å². The lowest BCUT2D eigenvalue weighted by Crippen LogP contribution is -2.41. The van der Waals surface area contributed by atoms with Crippen molar-refractivity contribution in [2.75, 3.05) is 0 Å². The molecule has 0 radical (unpaired) electrons. The Labute approximate surface area is 121 Å². The highest BCUT2D eigenvalue weighted by Gasteiger charge is 2.53. The summed E-state index contributed by atoms with van der Waals surface area (Å²) < 4.78 is 19.8. The number of fused-ring (bicyclic) bond motifs is 1. The number of esters is 1. The summed E-state index contributed by atoms with van der Waals surface area (Å²) in [6.07, 6.45) is -0.254. The summed E-state index contributed by atoms with van der Waals surface area (Å²) in [5.74, 6) is -1.93. The number of hydrogen-bond donors (Lipinski definition) is 0. The number of benzene rings is 2. The number of rotatable bonds is 3. The Hall–Kier alpha value is -2.49. The van der Waals surface area contributed by atoms with Crippen molar-refractivity contribution in [1.29, 1.82) is 0 Å². The fourth-order valence-corrected chi connectivity index (χ4v) is 2.45. The van der Waals surface area contributed by atoms with E-state index in [-0.39, 0.29) is 18.6 Å². The molecule has 0 saturated heterocycles. The smallest absolute Gasteiger partial charge is 0.352 e. The van der Waals surface area contributed by atoms with E-state index in [9.17, 15) is 14.0 Å². The Morgan fingerprint density at radius 3 is 2.48 bits per heavy atom.